The molecule has 2 atom stereocenters. The molecule has 0 aliphatic rings. The van der Waals surface area contributed by atoms with Gasteiger partial charge in [0.15, 0.2) is 0 Å². The molecule has 0 spiro atoms. The summed E-state index contributed by atoms with van der Waals surface area (Å²) in [7, 11) is 0. The summed E-state index contributed by atoms with van der Waals surface area (Å²) in [5.74, 6) is 0.953. The molecule has 0 bridgehead atoms. The average molecular weight is 260 g/mol. The molecule has 1 aromatic heterocycles. The molecule has 0 fully saturated rings. The number of aromatic nitrogens is 1. The molecule has 3 heteroatoms. The van der Waals surface area contributed by atoms with Crippen molar-refractivity contribution in [2.45, 2.75) is 31.6 Å². The predicted octanol–water partition coefficient (Wildman–Crippen LogP) is 3.77. The number of fused-ring (bicyclic) bond motifs is 1. The third-order valence-electron chi connectivity index (χ3n) is 3.17. The van der Waals surface area contributed by atoms with E-state index in [9.17, 15) is 0 Å². The second-order valence-electron chi connectivity index (χ2n) is 4.62. The molecule has 18 heavy (non-hydrogen) atoms. The van der Waals surface area contributed by atoms with E-state index in [-0.39, 0.29) is 6.04 Å². The summed E-state index contributed by atoms with van der Waals surface area (Å²) in [5.41, 5.74) is 8.39. The summed E-state index contributed by atoms with van der Waals surface area (Å²) in [6.07, 6.45) is 3.09. The summed E-state index contributed by atoms with van der Waals surface area (Å²) >= 11 is 1.93. The van der Waals surface area contributed by atoms with Gasteiger partial charge in [0.05, 0.1) is 5.52 Å². The SMILES string of the molecule is CCC(C)SCC(N)c1cnc2ccccc2c1. The Morgan fingerprint density at radius 1 is 1.33 bits per heavy atom. The Hall–Kier alpha value is -1.06. The molecular weight excluding hydrogens is 240 g/mol. The minimum Gasteiger partial charge on any atom is -0.323 e. The number of benzene rings is 1. The van der Waals surface area contributed by atoms with Crippen molar-refractivity contribution in [1.82, 2.24) is 4.98 Å². The number of nitrogens with zero attached hydrogens (tertiary/aromatic N) is 1. The summed E-state index contributed by atoms with van der Waals surface area (Å²) in [6.45, 7) is 4.46. The van der Waals surface area contributed by atoms with Crippen molar-refractivity contribution in [3.05, 3.63) is 42.1 Å². The maximum absolute atomic E-state index is 6.23. The van der Waals surface area contributed by atoms with Gasteiger partial charge >= 0.3 is 0 Å². The lowest BCUT2D eigenvalue weighted by Gasteiger charge is -2.14. The van der Waals surface area contributed by atoms with Gasteiger partial charge in [-0.3, -0.25) is 4.98 Å². The lowest BCUT2D eigenvalue weighted by atomic mass is 10.1. The first-order chi connectivity index (χ1) is 8.70. The van der Waals surface area contributed by atoms with Gasteiger partial charge in [0.25, 0.3) is 0 Å². The van der Waals surface area contributed by atoms with Gasteiger partial charge in [0.2, 0.25) is 0 Å². The summed E-state index contributed by atoms with van der Waals surface area (Å²) < 4.78 is 0. The molecule has 0 amide bonds. The van der Waals surface area contributed by atoms with Crippen LogP contribution in [0.1, 0.15) is 31.9 Å². The second kappa shape index (κ2) is 6.21. The number of nitrogens with two attached hydrogens (primary N) is 1. The second-order valence-corrected chi connectivity index (χ2v) is 6.09. The van der Waals surface area contributed by atoms with E-state index in [0.717, 1.165) is 16.8 Å². The first-order valence-corrected chi connectivity index (χ1v) is 7.47. The highest BCUT2D eigenvalue weighted by Gasteiger charge is 2.09. The lowest BCUT2D eigenvalue weighted by molar-refractivity contribution is 0.817. The van der Waals surface area contributed by atoms with Crippen LogP contribution >= 0.6 is 11.8 Å². The predicted molar refractivity (Wildman–Crippen MR) is 80.9 cm³/mol. The smallest absolute Gasteiger partial charge is 0.0702 e. The number of hydrogen-bond acceptors (Lipinski definition) is 3. The zero-order chi connectivity index (χ0) is 13.0. The quantitative estimate of drug-likeness (QED) is 0.889. The number of thioether (sulfide) groups is 1. The normalized spacial score (nSPS) is 14.6. The fraction of sp³-hybridized carbons (Fsp3) is 0.400. The van der Waals surface area contributed by atoms with E-state index in [4.69, 9.17) is 5.73 Å². The Balaban J connectivity index is 2.10. The maximum atomic E-state index is 6.23. The fourth-order valence-corrected chi connectivity index (χ4v) is 2.74. The molecule has 96 valence electrons. The van der Waals surface area contributed by atoms with Crippen LogP contribution in [0, 0.1) is 0 Å². The Bertz CT molecular complexity index is 513. The Kier molecular flexibility index (Phi) is 4.61. The zero-order valence-corrected chi connectivity index (χ0v) is 11.8. The summed E-state index contributed by atoms with van der Waals surface area (Å²) in [6, 6.07) is 10.4. The number of para-hydroxylation sites is 1. The number of pyridine rings is 1. The minimum atomic E-state index is 0.0705. The van der Waals surface area contributed by atoms with E-state index in [1.807, 2.05) is 36.2 Å². The van der Waals surface area contributed by atoms with Crippen LogP contribution in [0.5, 0.6) is 0 Å². The van der Waals surface area contributed by atoms with Crippen molar-refractivity contribution < 1.29 is 0 Å². The van der Waals surface area contributed by atoms with Gasteiger partial charge in [-0.05, 0) is 24.1 Å². The monoisotopic (exact) mass is 260 g/mol. The van der Waals surface area contributed by atoms with Crippen LogP contribution in [0.2, 0.25) is 0 Å². The Morgan fingerprint density at radius 2 is 2.11 bits per heavy atom. The summed E-state index contributed by atoms with van der Waals surface area (Å²) in [4.78, 5) is 4.46. The topological polar surface area (TPSA) is 38.9 Å². The van der Waals surface area contributed by atoms with Gasteiger partial charge in [-0.1, -0.05) is 32.0 Å². The van der Waals surface area contributed by atoms with Crippen LogP contribution in [-0.4, -0.2) is 16.0 Å². The molecule has 0 saturated heterocycles. The van der Waals surface area contributed by atoms with Gasteiger partial charge in [0.1, 0.15) is 0 Å². The molecule has 0 aliphatic heterocycles. The lowest BCUT2D eigenvalue weighted by Crippen LogP contribution is -2.14. The fourth-order valence-electron chi connectivity index (χ4n) is 1.77. The van der Waals surface area contributed by atoms with Crippen LogP contribution in [0.4, 0.5) is 0 Å². The molecule has 0 aliphatic carbocycles. The number of hydrogen-bond donors (Lipinski definition) is 1. The van der Waals surface area contributed by atoms with E-state index in [1.165, 1.54) is 11.8 Å². The van der Waals surface area contributed by atoms with Crippen molar-refractivity contribution in [2.75, 3.05) is 5.75 Å². The Morgan fingerprint density at radius 3 is 2.89 bits per heavy atom. The molecule has 0 saturated carbocycles. The van der Waals surface area contributed by atoms with Gasteiger partial charge in [-0.25, -0.2) is 0 Å². The molecule has 2 nitrogen and oxygen atoms in total. The van der Waals surface area contributed by atoms with Crippen molar-refractivity contribution >= 4 is 22.7 Å². The first kappa shape index (κ1) is 13.4. The first-order valence-electron chi connectivity index (χ1n) is 6.42. The highest BCUT2D eigenvalue weighted by atomic mass is 32.2. The zero-order valence-electron chi connectivity index (χ0n) is 11.0. The van der Waals surface area contributed by atoms with Crippen LogP contribution in [0.3, 0.4) is 0 Å². The maximum Gasteiger partial charge on any atom is 0.0702 e. The van der Waals surface area contributed by atoms with Crippen molar-refractivity contribution in [1.29, 1.82) is 0 Å². The number of rotatable bonds is 5. The van der Waals surface area contributed by atoms with Crippen molar-refractivity contribution in [3.63, 3.8) is 0 Å². The molecular formula is C15H20N2S. The third-order valence-corrected chi connectivity index (χ3v) is 4.63. The molecule has 2 aromatic rings. The van der Waals surface area contributed by atoms with Gasteiger partial charge < -0.3 is 5.73 Å². The van der Waals surface area contributed by atoms with E-state index in [0.29, 0.717) is 5.25 Å². The van der Waals surface area contributed by atoms with E-state index in [1.54, 1.807) is 0 Å². The van der Waals surface area contributed by atoms with E-state index in [2.05, 4.69) is 31.0 Å². The van der Waals surface area contributed by atoms with Crippen LogP contribution in [0.25, 0.3) is 10.9 Å². The molecule has 0 radical (unpaired) electrons. The molecule has 1 heterocycles. The molecule has 2 unspecified atom stereocenters. The highest BCUT2D eigenvalue weighted by molar-refractivity contribution is 7.99. The van der Waals surface area contributed by atoms with Crippen molar-refractivity contribution in [2.24, 2.45) is 5.73 Å². The average Bonchev–Trinajstić information content (AvgIpc) is 2.43. The Labute approximate surface area is 113 Å². The summed E-state index contributed by atoms with van der Waals surface area (Å²) in [5, 5.41) is 1.84. The third kappa shape index (κ3) is 3.24. The van der Waals surface area contributed by atoms with Gasteiger partial charge in [-0.2, -0.15) is 11.8 Å². The van der Waals surface area contributed by atoms with Crippen LogP contribution in [0.15, 0.2) is 36.5 Å². The molecule has 1 aromatic carbocycles. The van der Waals surface area contributed by atoms with Gasteiger partial charge in [0, 0.05) is 28.6 Å². The molecule has 2 N–H and O–H groups in total. The van der Waals surface area contributed by atoms with Crippen LogP contribution in [-0.2, 0) is 0 Å². The van der Waals surface area contributed by atoms with Crippen molar-refractivity contribution in [3.8, 4) is 0 Å². The van der Waals surface area contributed by atoms with E-state index < -0.39 is 0 Å². The highest BCUT2D eigenvalue weighted by Crippen LogP contribution is 2.22. The van der Waals surface area contributed by atoms with E-state index >= 15 is 0 Å². The largest absolute Gasteiger partial charge is 0.323 e. The standard InChI is InChI=1S/C15H20N2S/c1-3-11(2)18-10-14(16)13-8-12-6-4-5-7-15(12)17-9-13/h4-9,11,14H,3,10,16H2,1-2H3. The minimum absolute atomic E-state index is 0.0705. The molecule has 2 rings (SSSR count). The van der Waals surface area contributed by atoms with Gasteiger partial charge in [-0.15, -0.1) is 0 Å². The van der Waals surface area contributed by atoms with Crippen LogP contribution < -0.4 is 5.73 Å².